The van der Waals surface area contributed by atoms with Gasteiger partial charge in [0.25, 0.3) is 5.91 Å². The van der Waals surface area contributed by atoms with Gasteiger partial charge in [-0.3, -0.25) is 4.79 Å². The molecule has 4 rings (SSSR count). The van der Waals surface area contributed by atoms with Gasteiger partial charge < -0.3 is 19.5 Å². The van der Waals surface area contributed by atoms with Crippen LogP contribution in [0, 0.1) is 5.92 Å². The van der Waals surface area contributed by atoms with E-state index in [-0.39, 0.29) is 42.2 Å². The third kappa shape index (κ3) is 5.55. The van der Waals surface area contributed by atoms with Gasteiger partial charge in [0.2, 0.25) is 10.0 Å². The van der Waals surface area contributed by atoms with E-state index in [4.69, 9.17) is 9.47 Å². The molecule has 0 aromatic heterocycles. The Balaban J connectivity index is 1.77. The summed E-state index contributed by atoms with van der Waals surface area (Å²) in [6.45, 7) is 3.63. The number of hydrogen-bond acceptors (Lipinski definition) is 6. The van der Waals surface area contributed by atoms with Crippen LogP contribution >= 0.6 is 0 Å². The van der Waals surface area contributed by atoms with Crippen LogP contribution in [0.4, 0.5) is 0 Å². The van der Waals surface area contributed by atoms with E-state index in [1.54, 1.807) is 50.2 Å². The number of fused-ring (bicyclic) bond motifs is 1. The lowest BCUT2D eigenvalue weighted by molar-refractivity contribution is 0.0564. The number of hydrogen-bond donors (Lipinski definition) is 1. The van der Waals surface area contributed by atoms with Gasteiger partial charge in [-0.2, -0.15) is 4.31 Å². The van der Waals surface area contributed by atoms with Gasteiger partial charge in [0.15, 0.2) is 0 Å². The van der Waals surface area contributed by atoms with E-state index in [0.29, 0.717) is 11.3 Å². The molecule has 1 aliphatic rings. The van der Waals surface area contributed by atoms with Crippen molar-refractivity contribution >= 4 is 15.9 Å². The van der Waals surface area contributed by atoms with Crippen LogP contribution in [-0.4, -0.2) is 74.6 Å². The van der Waals surface area contributed by atoms with Gasteiger partial charge in [-0.25, -0.2) is 8.42 Å². The highest BCUT2D eigenvalue weighted by molar-refractivity contribution is 7.89. The first-order chi connectivity index (χ1) is 18.2. The maximum atomic E-state index is 13.8. The summed E-state index contributed by atoms with van der Waals surface area (Å²) in [5, 5.41) is 9.87. The minimum atomic E-state index is -3.98. The van der Waals surface area contributed by atoms with Crippen LogP contribution in [0.3, 0.4) is 0 Å². The number of likely N-dealkylation sites (N-methyl/N-ethyl adjacent to an activating group) is 1. The highest BCUT2D eigenvalue weighted by Gasteiger charge is 2.38. The summed E-state index contributed by atoms with van der Waals surface area (Å²) in [5.41, 5.74) is 2.09. The molecule has 9 heteroatoms. The molecule has 3 atom stereocenters. The standard InChI is InChI=1S/C29H34N2O6S/c1-20-17-31(21(2)19-32)38(34,35)28-15-14-23(24-12-8-9-13-25(24)36-4)16-26(28)37-27(20)18-30(3)29(33)22-10-6-5-7-11-22/h5-16,20-21,27,32H,17-19H2,1-4H3/t20-,21-,27+/m0/s1. The van der Waals surface area contributed by atoms with Crippen LogP contribution in [0.5, 0.6) is 11.5 Å². The molecule has 0 saturated heterocycles. The minimum Gasteiger partial charge on any atom is -0.496 e. The van der Waals surface area contributed by atoms with Gasteiger partial charge >= 0.3 is 0 Å². The lowest BCUT2D eigenvalue weighted by Crippen LogP contribution is -2.50. The molecule has 1 amide bonds. The summed E-state index contributed by atoms with van der Waals surface area (Å²) >= 11 is 0. The van der Waals surface area contributed by atoms with Crippen molar-refractivity contribution < 1.29 is 27.8 Å². The summed E-state index contributed by atoms with van der Waals surface area (Å²) in [7, 11) is -0.684. The molecule has 202 valence electrons. The number of aliphatic hydroxyl groups excluding tert-OH is 1. The predicted octanol–water partition coefficient (Wildman–Crippen LogP) is 3.90. The molecule has 3 aromatic rings. The fourth-order valence-corrected chi connectivity index (χ4v) is 6.47. The summed E-state index contributed by atoms with van der Waals surface area (Å²) in [4.78, 5) is 14.7. The first kappa shape index (κ1) is 27.6. The van der Waals surface area contributed by atoms with Crippen molar-refractivity contribution in [2.24, 2.45) is 5.92 Å². The minimum absolute atomic E-state index is 0.0189. The number of ether oxygens (including phenoxy) is 2. The van der Waals surface area contributed by atoms with Crippen molar-refractivity contribution in [1.82, 2.24) is 9.21 Å². The lowest BCUT2D eigenvalue weighted by Gasteiger charge is -2.37. The highest BCUT2D eigenvalue weighted by atomic mass is 32.2. The molecule has 8 nitrogen and oxygen atoms in total. The number of nitrogens with zero attached hydrogens (tertiary/aromatic N) is 2. The molecule has 0 aliphatic carbocycles. The van der Waals surface area contributed by atoms with Crippen molar-refractivity contribution in [3.8, 4) is 22.6 Å². The van der Waals surface area contributed by atoms with Crippen LogP contribution in [0.25, 0.3) is 11.1 Å². The van der Waals surface area contributed by atoms with Crippen molar-refractivity contribution in [3.63, 3.8) is 0 Å². The van der Waals surface area contributed by atoms with E-state index in [2.05, 4.69) is 0 Å². The molecule has 1 heterocycles. The van der Waals surface area contributed by atoms with Gasteiger partial charge in [-0.05, 0) is 42.8 Å². The number of carbonyl (C=O) groups is 1. The Labute approximate surface area is 224 Å². The van der Waals surface area contributed by atoms with Crippen molar-refractivity contribution in [2.45, 2.75) is 30.9 Å². The second kappa shape index (κ2) is 11.6. The first-order valence-corrected chi connectivity index (χ1v) is 14.0. The van der Waals surface area contributed by atoms with E-state index >= 15 is 0 Å². The number of amides is 1. The largest absolute Gasteiger partial charge is 0.496 e. The average molecular weight is 539 g/mol. The molecule has 0 radical (unpaired) electrons. The highest BCUT2D eigenvalue weighted by Crippen LogP contribution is 2.38. The van der Waals surface area contributed by atoms with Crippen LogP contribution in [0.2, 0.25) is 0 Å². The van der Waals surface area contributed by atoms with Crippen LogP contribution in [0.1, 0.15) is 24.2 Å². The molecule has 0 saturated carbocycles. The van der Waals surface area contributed by atoms with Gasteiger partial charge in [-0.15, -0.1) is 0 Å². The molecule has 3 aromatic carbocycles. The van der Waals surface area contributed by atoms with Gasteiger partial charge in [-0.1, -0.05) is 49.4 Å². The van der Waals surface area contributed by atoms with Crippen LogP contribution < -0.4 is 9.47 Å². The Morgan fingerprint density at radius 1 is 1.13 bits per heavy atom. The number of carbonyl (C=O) groups excluding carboxylic acids is 1. The molecule has 0 spiro atoms. The fourth-order valence-electron chi connectivity index (χ4n) is 4.65. The number of methoxy groups -OCH3 is 1. The number of para-hydroxylation sites is 1. The maximum Gasteiger partial charge on any atom is 0.253 e. The van der Waals surface area contributed by atoms with Crippen molar-refractivity contribution in [1.29, 1.82) is 0 Å². The maximum absolute atomic E-state index is 13.8. The third-order valence-corrected chi connectivity index (χ3v) is 8.93. The molecule has 38 heavy (non-hydrogen) atoms. The number of rotatable bonds is 7. The fraction of sp³-hybridized carbons (Fsp3) is 0.345. The predicted molar refractivity (Wildman–Crippen MR) is 146 cm³/mol. The van der Waals surface area contributed by atoms with E-state index in [1.165, 1.54) is 10.4 Å². The first-order valence-electron chi connectivity index (χ1n) is 12.5. The van der Waals surface area contributed by atoms with Crippen LogP contribution in [0.15, 0.2) is 77.7 Å². The number of sulfonamides is 1. The van der Waals surface area contributed by atoms with Crippen molar-refractivity contribution in [3.05, 3.63) is 78.4 Å². The lowest BCUT2D eigenvalue weighted by atomic mass is 10.0. The Morgan fingerprint density at radius 2 is 1.82 bits per heavy atom. The van der Waals surface area contributed by atoms with Crippen LogP contribution in [-0.2, 0) is 10.0 Å². The Morgan fingerprint density at radius 3 is 2.50 bits per heavy atom. The van der Waals surface area contributed by atoms with Crippen molar-refractivity contribution in [2.75, 3.05) is 33.9 Å². The van der Waals surface area contributed by atoms with Gasteiger partial charge in [0.1, 0.15) is 22.5 Å². The molecular weight excluding hydrogens is 504 g/mol. The average Bonchev–Trinajstić information content (AvgIpc) is 2.94. The summed E-state index contributed by atoms with van der Waals surface area (Å²) < 4.78 is 40.8. The Hall–Kier alpha value is -3.40. The summed E-state index contributed by atoms with van der Waals surface area (Å²) in [6.07, 6.45) is -0.511. The van der Waals surface area contributed by atoms with E-state index in [1.807, 2.05) is 49.4 Å². The zero-order chi connectivity index (χ0) is 27.4. The smallest absolute Gasteiger partial charge is 0.253 e. The third-order valence-electron chi connectivity index (χ3n) is 6.91. The summed E-state index contributed by atoms with van der Waals surface area (Å²) in [6, 6.07) is 20.8. The van der Waals surface area contributed by atoms with Gasteiger partial charge in [0.05, 0.1) is 20.3 Å². The number of benzene rings is 3. The topological polar surface area (TPSA) is 96.4 Å². The van der Waals surface area contributed by atoms with Gasteiger partial charge in [0, 0.05) is 36.7 Å². The summed E-state index contributed by atoms with van der Waals surface area (Å²) in [5.74, 6) is 0.406. The molecular formula is C29H34N2O6S. The quantitative estimate of drug-likeness (QED) is 0.490. The van der Waals surface area contributed by atoms with E-state index in [0.717, 1.165) is 11.1 Å². The Kier molecular flexibility index (Phi) is 8.40. The molecule has 0 bridgehead atoms. The second-order valence-electron chi connectivity index (χ2n) is 9.65. The zero-order valence-electron chi connectivity index (χ0n) is 22.1. The monoisotopic (exact) mass is 538 g/mol. The molecule has 0 unspecified atom stereocenters. The SMILES string of the molecule is COc1ccccc1-c1ccc2c(c1)O[C@H](CN(C)C(=O)c1ccccc1)[C@@H](C)CN([C@@H](C)CO)S2(=O)=O. The van der Waals surface area contributed by atoms with E-state index in [9.17, 15) is 18.3 Å². The normalized spacial score (nSPS) is 19.8. The number of aliphatic hydroxyl groups is 1. The van der Waals surface area contributed by atoms with E-state index < -0.39 is 22.2 Å². The molecule has 1 N–H and O–H groups in total. The molecule has 0 fully saturated rings. The molecule has 1 aliphatic heterocycles. The zero-order valence-corrected chi connectivity index (χ0v) is 22.9. The Bertz CT molecular complexity index is 1380. The second-order valence-corrected chi connectivity index (χ2v) is 11.5.